The molecule has 2 rings (SSSR count). The quantitative estimate of drug-likeness (QED) is 0.911. The van der Waals surface area contributed by atoms with E-state index < -0.39 is 0 Å². The average molecular weight is 311 g/mol. The van der Waals surface area contributed by atoms with Crippen molar-refractivity contribution in [3.8, 4) is 0 Å². The molecular formula is C14H19BrN2O. The van der Waals surface area contributed by atoms with Crippen LogP contribution < -0.4 is 10.2 Å². The molecule has 1 aromatic rings. The predicted octanol–water partition coefficient (Wildman–Crippen LogP) is 2.78. The van der Waals surface area contributed by atoms with E-state index in [1.54, 1.807) is 0 Å². The lowest BCUT2D eigenvalue weighted by Crippen LogP contribution is -2.50. The molecule has 1 fully saturated rings. The topological polar surface area (TPSA) is 32.3 Å². The number of hydrogen-bond acceptors (Lipinski definition) is 2. The monoisotopic (exact) mass is 310 g/mol. The first kappa shape index (κ1) is 13.6. The van der Waals surface area contributed by atoms with Gasteiger partial charge < -0.3 is 10.2 Å². The molecule has 1 saturated heterocycles. The largest absolute Gasteiger partial charge is 0.311 e. The lowest BCUT2D eigenvalue weighted by atomic mass is 10.0. The summed E-state index contributed by atoms with van der Waals surface area (Å²) in [4.78, 5) is 14.3. The molecule has 0 saturated carbocycles. The highest BCUT2D eigenvalue weighted by Gasteiger charge is 2.29. The Kier molecular flexibility index (Phi) is 4.07. The van der Waals surface area contributed by atoms with Crippen LogP contribution in [0.1, 0.15) is 24.0 Å². The van der Waals surface area contributed by atoms with Crippen LogP contribution in [0.4, 0.5) is 5.69 Å². The number of nitrogens with zero attached hydrogens (tertiary/aromatic N) is 1. The van der Waals surface area contributed by atoms with Gasteiger partial charge in [-0.05, 0) is 57.0 Å². The standard InChI is InChI=1S/C14H19BrN2O/c1-9-7-11(15)8-10(2)13(9)17-6-4-5-12(16-3)14(17)18/h7-8,12,16H,4-6H2,1-3H3. The molecule has 4 heteroatoms. The van der Waals surface area contributed by atoms with E-state index in [2.05, 4.69) is 47.2 Å². The highest BCUT2D eigenvalue weighted by molar-refractivity contribution is 9.10. The molecule has 18 heavy (non-hydrogen) atoms. The highest BCUT2D eigenvalue weighted by Crippen LogP contribution is 2.31. The second-order valence-electron chi connectivity index (χ2n) is 4.86. The second kappa shape index (κ2) is 5.41. The Labute approximate surface area is 117 Å². The number of hydrogen-bond donors (Lipinski definition) is 1. The predicted molar refractivity (Wildman–Crippen MR) is 78.1 cm³/mol. The minimum absolute atomic E-state index is 0.0406. The van der Waals surface area contributed by atoms with Crippen molar-refractivity contribution in [1.29, 1.82) is 0 Å². The minimum Gasteiger partial charge on any atom is -0.311 e. The van der Waals surface area contributed by atoms with Gasteiger partial charge >= 0.3 is 0 Å². The molecule has 1 aromatic carbocycles. The Bertz CT molecular complexity index is 450. The summed E-state index contributed by atoms with van der Waals surface area (Å²) in [6.07, 6.45) is 1.98. The lowest BCUT2D eigenvalue weighted by molar-refractivity contribution is -0.121. The summed E-state index contributed by atoms with van der Waals surface area (Å²) in [5.41, 5.74) is 3.36. The van der Waals surface area contributed by atoms with Crippen LogP contribution in [0.5, 0.6) is 0 Å². The number of aryl methyl sites for hydroxylation is 2. The Balaban J connectivity index is 2.39. The van der Waals surface area contributed by atoms with Gasteiger partial charge in [-0.1, -0.05) is 15.9 Å². The number of piperidine rings is 1. The Morgan fingerprint density at radius 2 is 1.94 bits per heavy atom. The molecule has 1 unspecified atom stereocenters. The van der Waals surface area contributed by atoms with Crippen LogP contribution in [0.15, 0.2) is 16.6 Å². The smallest absolute Gasteiger partial charge is 0.244 e. The summed E-state index contributed by atoms with van der Waals surface area (Å²) in [5, 5.41) is 3.10. The van der Waals surface area contributed by atoms with Crippen molar-refractivity contribution in [2.24, 2.45) is 0 Å². The molecule has 1 amide bonds. The Morgan fingerprint density at radius 3 is 2.50 bits per heavy atom. The van der Waals surface area contributed by atoms with E-state index in [1.165, 1.54) is 0 Å². The van der Waals surface area contributed by atoms with Crippen molar-refractivity contribution >= 4 is 27.5 Å². The molecule has 0 aromatic heterocycles. The number of halogens is 1. The summed E-state index contributed by atoms with van der Waals surface area (Å²) in [6, 6.07) is 4.10. The molecule has 1 aliphatic heterocycles. The van der Waals surface area contributed by atoms with Gasteiger partial charge in [0.1, 0.15) is 0 Å². The molecular weight excluding hydrogens is 292 g/mol. The molecule has 3 nitrogen and oxygen atoms in total. The van der Waals surface area contributed by atoms with Gasteiger partial charge in [0, 0.05) is 16.7 Å². The van der Waals surface area contributed by atoms with E-state index in [0.717, 1.165) is 40.7 Å². The van der Waals surface area contributed by atoms with E-state index >= 15 is 0 Å². The first-order chi connectivity index (χ1) is 8.54. The molecule has 0 bridgehead atoms. The minimum atomic E-state index is -0.0406. The van der Waals surface area contributed by atoms with Crippen molar-refractivity contribution in [1.82, 2.24) is 5.32 Å². The van der Waals surface area contributed by atoms with E-state index in [9.17, 15) is 4.79 Å². The van der Waals surface area contributed by atoms with Crippen LogP contribution in [-0.4, -0.2) is 25.5 Å². The summed E-state index contributed by atoms with van der Waals surface area (Å²) in [6.45, 7) is 4.94. The van der Waals surface area contributed by atoms with Crippen LogP contribution >= 0.6 is 15.9 Å². The summed E-state index contributed by atoms with van der Waals surface area (Å²) in [5.74, 6) is 0.192. The molecule has 0 aliphatic carbocycles. The fraction of sp³-hybridized carbons (Fsp3) is 0.500. The maximum atomic E-state index is 12.4. The third kappa shape index (κ3) is 2.45. The Morgan fingerprint density at radius 1 is 1.33 bits per heavy atom. The Hall–Kier alpha value is -0.870. The third-order valence-electron chi connectivity index (χ3n) is 3.51. The van der Waals surface area contributed by atoms with Crippen LogP contribution in [0.3, 0.4) is 0 Å². The molecule has 1 heterocycles. The van der Waals surface area contributed by atoms with Crippen LogP contribution in [0.2, 0.25) is 0 Å². The number of amides is 1. The normalized spacial score (nSPS) is 20.3. The fourth-order valence-electron chi connectivity index (χ4n) is 2.69. The summed E-state index contributed by atoms with van der Waals surface area (Å²) in [7, 11) is 1.85. The number of benzene rings is 1. The van der Waals surface area contributed by atoms with Gasteiger partial charge in [0.05, 0.1) is 6.04 Å². The fourth-order valence-corrected chi connectivity index (χ4v) is 3.38. The van der Waals surface area contributed by atoms with Crippen molar-refractivity contribution in [3.63, 3.8) is 0 Å². The zero-order valence-corrected chi connectivity index (χ0v) is 12.7. The SMILES string of the molecule is CNC1CCCN(c2c(C)cc(Br)cc2C)C1=O. The number of likely N-dealkylation sites (N-methyl/N-ethyl adjacent to an activating group) is 1. The van der Waals surface area contributed by atoms with Crippen LogP contribution in [0, 0.1) is 13.8 Å². The molecule has 1 aliphatic rings. The summed E-state index contributed by atoms with van der Waals surface area (Å²) < 4.78 is 1.07. The average Bonchev–Trinajstić information content (AvgIpc) is 2.30. The van der Waals surface area contributed by atoms with Crippen molar-refractivity contribution < 1.29 is 4.79 Å². The number of nitrogens with one attached hydrogen (secondary N) is 1. The number of rotatable bonds is 2. The van der Waals surface area contributed by atoms with E-state index in [4.69, 9.17) is 0 Å². The number of anilines is 1. The van der Waals surface area contributed by atoms with E-state index in [-0.39, 0.29) is 11.9 Å². The first-order valence-electron chi connectivity index (χ1n) is 6.30. The molecule has 1 N–H and O–H groups in total. The van der Waals surface area contributed by atoms with Gasteiger partial charge in [0.2, 0.25) is 5.91 Å². The number of carbonyl (C=O) groups excluding carboxylic acids is 1. The van der Waals surface area contributed by atoms with Crippen molar-refractivity contribution in [2.45, 2.75) is 32.7 Å². The van der Waals surface area contributed by atoms with Crippen LogP contribution in [-0.2, 0) is 4.79 Å². The van der Waals surface area contributed by atoms with E-state index in [1.807, 2.05) is 11.9 Å². The van der Waals surface area contributed by atoms with Gasteiger partial charge in [0.25, 0.3) is 0 Å². The molecule has 1 atom stereocenters. The molecule has 98 valence electrons. The van der Waals surface area contributed by atoms with Crippen LogP contribution in [0.25, 0.3) is 0 Å². The zero-order chi connectivity index (χ0) is 13.3. The van der Waals surface area contributed by atoms with Gasteiger partial charge in [-0.3, -0.25) is 4.79 Å². The van der Waals surface area contributed by atoms with Gasteiger partial charge in [-0.15, -0.1) is 0 Å². The first-order valence-corrected chi connectivity index (χ1v) is 7.09. The van der Waals surface area contributed by atoms with Gasteiger partial charge in [-0.2, -0.15) is 0 Å². The van der Waals surface area contributed by atoms with Crippen molar-refractivity contribution in [2.75, 3.05) is 18.5 Å². The molecule has 0 spiro atoms. The summed E-state index contributed by atoms with van der Waals surface area (Å²) >= 11 is 3.50. The van der Waals surface area contributed by atoms with Gasteiger partial charge in [0.15, 0.2) is 0 Å². The zero-order valence-electron chi connectivity index (χ0n) is 11.1. The maximum Gasteiger partial charge on any atom is 0.244 e. The van der Waals surface area contributed by atoms with E-state index in [0.29, 0.717) is 0 Å². The lowest BCUT2D eigenvalue weighted by Gasteiger charge is -2.34. The highest BCUT2D eigenvalue weighted by atomic mass is 79.9. The number of carbonyl (C=O) groups is 1. The maximum absolute atomic E-state index is 12.4. The third-order valence-corrected chi connectivity index (χ3v) is 3.97. The van der Waals surface area contributed by atoms with Gasteiger partial charge in [-0.25, -0.2) is 0 Å². The molecule has 0 radical (unpaired) electrons. The van der Waals surface area contributed by atoms with Crippen molar-refractivity contribution in [3.05, 3.63) is 27.7 Å². The second-order valence-corrected chi connectivity index (χ2v) is 5.78.